The minimum atomic E-state index is -0.528. The van der Waals surface area contributed by atoms with Crippen LogP contribution < -0.4 is 16.4 Å². The number of amides is 2. The summed E-state index contributed by atoms with van der Waals surface area (Å²) in [6.07, 6.45) is 7.81. The molecule has 0 unspecified atom stereocenters. The van der Waals surface area contributed by atoms with E-state index in [0.717, 1.165) is 24.7 Å². The molecular formula is C22H28N8O3. The number of carbonyl (C=O) groups excluding carboxylic acids is 2. The Morgan fingerprint density at radius 2 is 2.00 bits per heavy atom. The van der Waals surface area contributed by atoms with Crippen molar-refractivity contribution in [2.45, 2.75) is 18.8 Å². The Kier molecular flexibility index (Phi) is 8.03. The van der Waals surface area contributed by atoms with Crippen molar-refractivity contribution in [3.05, 3.63) is 54.1 Å². The number of nitrogens with zero attached hydrogens (tertiary/aromatic N) is 5. The predicted molar refractivity (Wildman–Crippen MR) is 124 cm³/mol. The van der Waals surface area contributed by atoms with Crippen molar-refractivity contribution in [3.63, 3.8) is 0 Å². The fraction of sp³-hybridized carbons (Fsp3) is 0.364. The van der Waals surface area contributed by atoms with Crippen LogP contribution in [0.2, 0.25) is 0 Å². The van der Waals surface area contributed by atoms with E-state index in [4.69, 9.17) is 10.5 Å². The van der Waals surface area contributed by atoms with Crippen LogP contribution in [0.15, 0.2) is 47.7 Å². The van der Waals surface area contributed by atoms with Crippen molar-refractivity contribution < 1.29 is 14.3 Å². The summed E-state index contributed by atoms with van der Waals surface area (Å²) < 4.78 is 5.01. The Labute approximate surface area is 192 Å². The number of aromatic nitrogens is 3. The normalized spacial score (nSPS) is 14.0. The van der Waals surface area contributed by atoms with Gasteiger partial charge >= 0.3 is 0 Å². The molecule has 0 spiro atoms. The largest absolute Gasteiger partial charge is 0.403 e. The molecule has 0 aliphatic heterocycles. The van der Waals surface area contributed by atoms with E-state index in [1.54, 1.807) is 32.6 Å². The molecule has 3 rings (SSSR count). The summed E-state index contributed by atoms with van der Waals surface area (Å²) in [5, 5.41) is 5.83. The summed E-state index contributed by atoms with van der Waals surface area (Å²) in [4.78, 5) is 44.2. The lowest BCUT2D eigenvalue weighted by atomic mass is 10.1. The number of pyridine rings is 1. The lowest BCUT2D eigenvalue weighted by molar-refractivity contribution is -0.121. The number of ether oxygens (including phenoxy) is 1. The molecule has 1 fully saturated rings. The summed E-state index contributed by atoms with van der Waals surface area (Å²) in [6.45, 7) is 0.545. The van der Waals surface area contributed by atoms with Crippen molar-refractivity contribution >= 4 is 28.9 Å². The Morgan fingerprint density at radius 1 is 1.27 bits per heavy atom. The summed E-state index contributed by atoms with van der Waals surface area (Å²) in [5.41, 5.74) is 7.97. The zero-order valence-corrected chi connectivity index (χ0v) is 18.9. The molecule has 1 aliphatic rings. The molecule has 2 amide bonds. The minimum absolute atomic E-state index is 0.0252. The monoisotopic (exact) mass is 452 g/mol. The standard InChI is InChI=1S/C22H28N8O3/c1-30(2)22(32)20(26-8-9-33-3)18(10-23)29-21(31)19-17(27-15-11-24-13-25-12-15)7-6-16(28-19)14-4-5-14/h6-7,10-14,27H,4-5,8-9,23H2,1-3H3,(H,29,31). The smallest absolute Gasteiger partial charge is 0.276 e. The number of anilines is 2. The van der Waals surface area contributed by atoms with E-state index in [-0.39, 0.29) is 23.6 Å². The van der Waals surface area contributed by atoms with Crippen molar-refractivity contribution in [3.8, 4) is 0 Å². The van der Waals surface area contributed by atoms with Crippen LogP contribution in [-0.2, 0) is 9.53 Å². The van der Waals surface area contributed by atoms with Crippen molar-refractivity contribution in [2.24, 2.45) is 10.7 Å². The maximum absolute atomic E-state index is 13.3. The quantitative estimate of drug-likeness (QED) is 0.360. The van der Waals surface area contributed by atoms with Crippen LogP contribution in [-0.4, -0.2) is 71.7 Å². The Balaban J connectivity index is 1.90. The number of carbonyl (C=O) groups is 2. The number of rotatable bonds is 10. The maximum atomic E-state index is 13.3. The van der Waals surface area contributed by atoms with Gasteiger partial charge in [-0.3, -0.25) is 14.6 Å². The molecule has 1 aliphatic carbocycles. The first-order chi connectivity index (χ1) is 15.9. The molecule has 2 aromatic heterocycles. The van der Waals surface area contributed by atoms with Crippen molar-refractivity contribution in [2.75, 3.05) is 39.7 Å². The summed E-state index contributed by atoms with van der Waals surface area (Å²) in [7, 11) is 4.72. The zero-order valence-electron chi connectivity index (χ0n) is 18.9. The fourth-order valence-corrected chi connectivity index (χ4v) is 2.96. The number of aliphatic imine (C=N–C) groups is 1. The van der Waals surface area contributed by atoms with E-state index in [1.165, 1.54) is 18.3 Å². The van der Waals surface area contributed by atoms with E-state index >= 15 is 0 Å². The SMILES string of the molecule is COCCN=C(C(=O)N(C)C)C(=CN)NC(=O)c1nc(C2CC2)ccc1Nc1cncnc1. The van der Waals surface area contributed by atoms with Crippen LogP contribution in [0.5, 0.6) is 0 Å². The van der Waals surface area contributed by atoms with Gasteiger partial charge in [0.25, 0.3) is 11.8 Å². The molecule has 2 aromatic rings. The average molecular weight is 453 g/mol. The molecule has 11 heteroatoms. The third-order valence-electron chi connectivity index (χ3n) is 4.81. The molecule has 1 saturated carbocycles. The lowest BCUT2D eigenvalue weighted by Crippen LogP contribution is -2.38. The molecule has 2 heterocycles. The van der Waals surface area contributed by atoms with Crippen molar-refractivity contribution in [1.82, 2.24) is 25.2 Å². The average Bonchev–Trinajstić information content (AvgIpc) is 3.66. The van der Waals surface area contributed by atoms with Crippen molar-refractivity contribution in [1.29, 1.82) is 0 Å². The van der Waals surface area contributed by atoms with Crippen LogP contribution in [0.1, 0.15) is 34.9 Å². The third-order valence-corrected chi connectivity index (χ3v) is 4.81. The molecule has 0 saturated heterocycles. The first kappa shape index (κ1) is 23.8. The Hall–Kier alpha value is -3.86. The molecule has 174 valence electrons. The maximum Gasteiger partial charge on any atom is 0.276 e. The summed E-state index contributed by atoms with van der Waals surface area (Å²) in [6, 6.07) is 3.69. The Morgan fingerprint density at radius 3 is 2.61 bits per heavy atom. The van der Waals surface area contributed by atoms with Gasteiger partial charge in [-0.05, 0) is 25.0 Å². The molecule has 11 nitrogen and oxygen atoms in total. The second-order valence-corrected chi connectivity index (χ2v) is 7.62. The second kappa shape index (κ2) is 11.1. The molecule has 0 bridgehead atoms. The van der Waals surface area contributed by atoms with Crippen LogP contribution in [0.3, 0.4) is 0 Å². The van der Waals surface area contributed by atoms with E-state index < -0.39 is 11.8 Å². The summed E-state index contributed by atoms with van der Waals surface area (Å²) >= 11 is 0. The highest BCUT2D eigenvalue weighted by atomic mass is 16.5. The highest BCUT2D eigenvalue weighted by molar-refractivity contribution is 6.45. The van der Waals surface area contributed by atoms with E-state index in [0.29, 0.717) is 23.9 Å². The van der Waals surface area contributed by atoms with Gasteiger partial charge in [0.1, 0.15) is 12.0 Å². The number of methoxy groups -OCH3 is 1. The van der Waals surface area contributed by atoms with E-state index in [9.17, 15) is 9.59 Å². The predicted octanol–water partition coefficient (Wildman–Crippen LogP) is 1.20. The summed E-state index contributed by atoms with van der Waals surface area (Å²) in [5.74, 6) is -0.584. The first-order valence-electron chi connectivity index (χ1n) is 10.5. The van der Waals surface area contributed by atoms with Gasteiger partial charge in [0.05, 0.1) is 42.6 Å². The molecule has 0 aromatic carbocycles. The van der Waals surface area contributed by atoms with Gasteiger partial charge in [-0.25, -0.2) is 15.0 Å². The molecule has 0 atom stereocenters. The minimum Gasteiger partial charge on any atom is -0.403 e. The van der Waals surface area contributed by atoms with E-state index in [1.807, 2.05) is 6.07 Å². The van der Waals surface area contributed by atoms with Gasteiger partial charge < -0.3 is 26.0 Å². The van der Waals surface area contributed by atoms with Gasteiger partial charge in [-0.1, -0.05) is 0 Å². The highest BCUT2D eigenvalue weighted by Gasteiger charge is 2.28. The molecule has 4 N–H and O–H groups in total. The number of nitrogens with two attached hydrogens (primary N) is 1. The van der Waals surface area contributed by atoms with Gasteiger partial charge in [-0.2, -0.15) is 0 Å². The zero-order chi connectivity index (χ0) is 23.8. The molecule has 33 heavy (non-hydrogen) atoms. The number of hydrogen-bond acceptors (Lipinski definition) is 9. The second-order valence-electron chi connectivity index (χ2n) is 7.62. The van der Waals surface area contributed by atoms with Crippen LogP contribution in [0, 0.1) is 0 Å². The third kappa shape index (κ3) is 6.32. The topological polar surface area (TPSA) is 148 Å². The molecule has 0 radical (unpaired) electrons. The van der Waals surface area contributed by atoms with Gasteiger partial charge in [-0.15, -0.1) is 0 Å². The number of hydrogen-bond donors (Lipinski definition) is 3. The number of nitrogens with one attached hydrogen (secondary N) is 2. The van der Waals surface area contributed by atoms with Gasteiger partial charge in [0.2, 0.25) is 0 Å². The lowest BCUT2D eigenvalue weighted by Gasteiger charge is -2.17. The van der Waals surface area contributed by atoms with Crippen LogP contribution in [0.4, 0.5) is 11.4 Å². The highest BCUT2D eigenvalue weighted by Crippen LogP contribution is 2.39. The Bertz CT molecular complexity index is 1050. The molecular weight excluding hydrogens is 424 g/mol. The van der Waals surface area contributed by atoms with Crippen LogP contribution in [0.25, 0.3) is 0 Å². The van der Waals surface area contributed by atoms with Crippen LogP contribution >= 0.6 is 0 Å². The first-order valence-corrected chi connectivity index (χ1v) is 10.5. The fourth-order valence-electron chi connectivity index (χ4n) is 2.96. The van der Waals surface area contributed by atoms with E-state index in [2.05, 4.69) is 30.6 Å². The van der Waals surface area contributed by atoms with Gasteiger partial charge in [0, 0.05) is 39.0 Å². The van der Waals surface area contributed by atoms with Gasteiger partial charge in [0.15, 0.2) is 5.69 Å².